The molecule has 94 valence electrons. The molecule has 1 unspecified atom stereocenters. The summed E-state index contributed by atoms with van der Waals surface area (Å²) in [4.78, 5) is 13.0. The molecule has 2 aromatic heterocycles. The van der Waals surface area contributed by atoms with Crippen molar-refractivity contribution in [3.8, 4) is 0 Å². The number of aromatic nitrogens is 4. The van der Waals surface area contributed by atoms with Gasteiger partial charge in [0.1, 0.15) is 11.3 Å². The first-order valence-electron chi connectivity index (χ1n) is 5.65. The van der Waals surface area contributed by atoms with Crippen LogP contribution in [-0.2, 0) is 6.54 Å². The SMILES string of the molecule is CC1C[C@@H]1c1nc(N)c2ncn(C[CH-]O)c2n1.[Ce]. The number of hydrogen-bond donors (Lipinski definition) is 2. The standard InChI is InChI=1S/C11H14N5O.Ce/c1-6-4-7(6)10-14-9(12)8-11(15-10)16(2-3-17)5-13-8;/h3,5-7,17H,2,4H2,1H3,(H2,12,14,15);/q-1;/t6?,7-;/m0./s1. The predicted molar refractivity (Wildman–Crippen MR) is 62.5 cm³/mol. The van der Waals surface area contributed by atoms with E-state index in [1.54, 1.807) is 10.9 Å². The maximum Gasteiger partial charge on any atom is 0.163 e. The van der Waals surface area contributed by atoms with Crippen LogP contribution in [0, 0.1) is 54.3 Å². The third-order valence-electron chi connectivity index (χ3n) is 3.23. The fraction of sp³-hybridized carbons (Fsp3) is 0.455. The largest absolute Gasteiger partial charge is 0.564 e. The molecule has 1 aliphatic rings. The van der Waals surface area contributed by atoms with Crippen molar-refractivity contribution < 1.29 is 46.9 Å². The number of hydrogen-bond acceptors (Lipinski definition) is 5. The Kier molecular flexibility index (Phi) is 4.20. The Hall–Kier alpha value is -0.313. The average Bonchev–Trinajstić information content (AvgIpc) is 2.88. The van der Waals surface area contributed by atoms with Crippen LogP contribution in [0.4, 0.5) is 5.82 Å². The summed E-state index contributed by atoms with van der Waals surface area (Å²) >= 11 is 0. The van der Waals surface area contributed by atoms with Gasteiger partial charge in [0.05, 0.1) is 6.33 Å². The minimum absolute atomic E-state index is 0. The van der Waals surface area contributed by atoms with E-state index in [-0.39, 0.29) is 41.7 Å². The molecule has 3 rings (SSSR count). The van der Waals surface area contributed by atoms with E-state index in [0.717, 1.165) is 18.9 Å². The summed E-state index contributed by atoms with van der Waals surface area (Å²) in [6.45, 7) is 3.60. The first-order valence-corrected chi connectivity index (χ1v) is 5.65. The van der Waals surface area contributed by atoms with Gasteiger partial charge >= 0.3 is 0 Å². The van der Waals surface area contributed by atoms with E-state index in [0.29, 0.717) is 35.4 Å². The molecule has 0 spiro atoms. The summed E-state index contributed by atoms with van der Waals surface area (Å²) in [5.74, 6) is 2.26. The number of aliphatic hydroxyl groups is 1. The number of rotatable bonds is 3. The average molecular weight is 372 g/mol. The van der Waals surface area contributed by atoms with Gasteiger partial charge in [0.2, 0.25) is 0 Å². The Morgan fingerprint density at radius 3 is 2.89 bits per heavy atom. The van der Waals surface area contributed by atoms with E-state index in [4.69, 9.17) is 10.8 Å². The first-order chi connectivity index (χ1) is 8.20. The zero-order valence-corrected chi connectivity index (χ0v) is 13.2. The van der Waals surface area contributed by atoms with E-state index in [2.05, 4.69) is 21.9 Å². The number of anilines is 1. The fourth-order valence-corrected chi connectivity index (χ4v) is 2.05. The van der Waals surface area contributed by atoms with Gasteiger partial charge in [-0.3, -0.25) is 0 Å². The molecule has 6 nitrogen and oxygen atoms in total. The maximum absolute atomic E-state index is 8.85. The molecule has 1 aliphatic carbocycles. The van der Waals surface area contributed by atoms with Crippen LogP contribution >= 0.6 is 0 Å². The van der Waals surface area contributed by atoms with Crippen molar-refractivity contribution in [1.82, 2.24) is 19.5 Å². The second-order valence-corrected chi connectivity index (χ2v) is 4.54. The van der Waals surface area contributed by atoms with Crippen molar-refractivity contribution in [3.63, 3.8) is 0 Å². The summed E-state index contributed by atoms with van der Waals surface area (Å²) in [5.41, 5.74) is 7.17. The monoisotopic (exact) mass is 372 g/mol. The predicted octanol–water partition coefficient (Wildman–Crippen LogP) is 1.07. The second kappa shape index (κ2) is 5.36. The zero-order chi connectivity index (χ0) is 12.0. The van der Waals surface area contributed by atoms with Crippen LogP contribution in [0.5, 0.6) is 0 Å². The minimum atomic E-state index is 0. The number of nitrogens with zero attached hydrogens (tertiary/aromatic N) is 4. The van der Waals surface area contributed by atoms with Crippen LogP contribution in [0.25, 0.3) is 11.2 Å². The van der Waals surface area contributed by atoms with Crippen LogP contribution in [0.2, 0.25) is 0 Å². The van der Waals surface area contributed by atoms with Gasteiger partial charge in [-0.05, 0) is 12.3 Å². The van der Waals surface area contributed by atoms with Gasteiger partial charge in [-0.1, -0.05) is 13.5 Å². The number of nitrogen functional groups attached to an aromatic ring is 1. The van der Waals surface area contributed by atoms with E-state index < -0.39 is 0 Å². The molecule has 1 saturated carbocycles. The first kappa shape index (κ1) is 14.1. The van der Waals surface area contributed by atoms with E-state index >= 15 is 0 Å². The van der Waals surface area contributed by atoms with Crippen molar-refractivity contribution in [2.45, 2.75) is 25.8 Å². The Morgan fingerprint density at radius 1 is 1.56 bits per heavy atom. The molecular weight excluding hydrogens is 358 g/mol. The zero-order valence-electron chi connectivity index (χ0n) is 10.0. The summed E-state index contributed by atoms with van der Waals surface area (Å²) in [6, 6.07) is 0. The van der Waals surface area contributed by atoms with Crippen molar-refractivity contribution in [2.24, 2.45) is 5.92 Å². The third-order valence-corrected chi connectivity index (χ3v) is 3.23. The quantitative estimate of drug-likeness (QED) is 0.787. The molecule has 2 aromatic rings. The molecule has 0 aliphatic heterocycles. The smallest absolute Gasteiger partial charge is 0.163 e. The number of fused-ring (bicyclic) bond motifs is 1. The molecule has 0 amide bonds. The molecule has 2 atom stereocenters. The molecule has 2 heterocycles. The van der Waals surface area contributed by atoms with Gasteiger partial charge in [-0.25, -0.2) is 15.0 Å². The fourth-order valence-electron chi connectivity index (χ4n) is 2.05. The van der Waals surface area contributed by atoms with Crippen LogP contribution < -0.4 is 5.73 Å². The van der Waals surface area contributed by atoms with Gasteiger partial charge in [0, 0.05) is 47.7 Å². The van der Waals surface area contributed by atoms with Crippen molar-refractivity contribution in [1.29, 1.82) is 0 Å². The number of aliphatic hydroxyl groups excluding tert-OH is 1. The Labute approximate surface area is 138 Å². The van der Waals surface area contributed by atoms with E-state index in [1.165, 1.54) is 0 Å². The van der Waals surface area contributed by atoms with Gasteiger partial charge in [0.15, 0.2) is 11.5 Å². The molecule has 0 radical (unpaired) electrons. The van der Waals surface area contributed by atoms with Crippen LogP contribution in [0.1, 0.15) is 25.1 Å². The third kappa shape index (κ3) is 2.38. The van der Waals surface area contributed by atoms with Crippen LogP contribution in [0.15, 0.2) is 6.33 Å². The summed E-state index contributed by atoms with van der Waals surface area (Å²) in [7, 11) is 0. The molecule has 7 heteroatoms. The maximum atomic E-state index is 8.85. The number of nitrogens with two attached hydrogens (primary N) is 1. The van der Waals surface area contributed by atoms with Gasteiger partial charge in [0.25, 0.3) is 0 Å². The molecule has 18 heavy (non-hydrogen) atoms. The normalized spacial score (nSPS) is 21.9. The van der Waals surface area contributed by atoms with Crippen molar-refractivity contribution in [3.05, 3.63) is 18.8 Å². The molecular formula is C11H14CeN5O-. The van der Waals surface area contributed by atoms with Crippen LogP contribution in [0.3, 0.4) is 0 Å². The summed E-state index contributed by atoms with van der Waals surface area (Å²) in [6.07, 6.45) is 2.73. The Balaban J connectivity index is 0.00000120. The summed E-state index contributed by atoms with van der Waals surface area (Å²) in [5, 5.41) is 8.85. The van der Waals surface area contributed by atoms with Gasteiger partial charge in [-0.2, -0.15) is 6.61 Å². The number of imidazole rings is 1. The van der Waals surface area contributed by atoms with Crippen LogP contribution in [-0.4, -0.2) is 24.6 Å². The molecule has 3 N–H and O–H groups in total. The topological polar surface area (TPSA) is 89.8 Å². The Morgan fingerprint density at radius 2 is 2.28 bits per heavy atom. The van der Waals surface area contributed by atoms with Crippen molar-refractivity contribution >= 4 is 17.0 Å². The minimum Gasteiger partial charge on any atom is -0.564 e. The summed E-state index contributed by atoms with van der Waals surface area (Å²) < 4.78 is 1.75. The molecule has 1 fully saturated rings. The van der Waals surface area contributed by atoms with Gasteiger partial charge < -0.3 is 15.4 Å². The van der Waals surface area contributed by atoms with E-state index in [9.17, 15) is 0 Å². The molecule has 0 aromatic carbocycles. The van der Waals surface area contributed by atoms with Gasteiger partial charge in [-0.15, -0.1) is 0 Å². The molecule has 0 saturated heterocycles. The van der Waals surface area contributed by atoms with Crippen molar-refractivity contribution in [2.75, 3.05) is 5.73 Å². The Bertz CT molecular complexity index is 570. The second-order valence-electron chi connectivity index (χ2n) is 4.54. The molecule has 0 bridgehead atoms. The van der Waals surface area contributed by atoms with E-state index in [1.807, 2.05) is 0 Å².